The van der Waals surface area contributed by atoms with E-state index in [-0.39, 0.29) is 22.1 Å². The van der Waals surface area contributed by atoms with Crippen LogP contribution in [0.15, 0.2) is 40.9 Å². The van der Waals surface area contributed by atoms with E-state index in [9.17, 15) is 14.3 Å². The Balaban J connectivity index is 2.28. The first-order valence-electron chi connectivity index (χ1n) is 6.16. The van der Waals surface area contributed by atoms with Gasteiger partial charge < -0.3 is 9.84 Å². The number of hydrogen-bond acceptors (Lipinski definition) is 3. The summed E-state index contributed by atoms with van der Waals surface area (Å²) in [5.74, 6) is -0.614. The highest BCUT2D eigenvalue weighted by Crippen LogP contribution is 2.33. The van der Waals surface area contributed by atoms with Gasteiger partial charge in [-0.1, -0.05) is 27.5 Å². The fourth-order valence-electron chi connectivity index (χ4n) is 1.76. The van der Waals surface area contributed by atoms with Crippen molar-refractivity contribution >= 4 is 39.4 Å². The van der Waals surface area contributed by atoms with E-state index in [2.05, 4.69) is 15.9 Å². The van der Waals surface area contributed by atoms with Crippen LogP contribution in [-0.2, 0) is 0 Å². The van der Waals surface area contributed by atoms with E-state index in [4.69, 9.17) is 16.3 Å². The molecule has 6 heteroatoms. The predicted octanol–water partition coefficient (Wildman–Crippen LogP) is 4.85. The van der Waals surface area contributed by atoms with E-state index in [1.807, 2.05) is 0 Å². The van der Waals surface area contributed by atoms with Crippen LogP contribution in [0.1, 0.15) is 15.9 Å². The summed E-state index contributed by atoms with van der Waals surface area (Å²) in [5.41, 5.74) is 0.931. The highest BCUT2D eigenvalue weighted by atomic mass is 79.9. The molecule has 2 rings (SSSR count). The normalized spacial score (nSPS) is 10.9. The lowest BCUT2D eigenvalue weighted by atomic mass is 10.1. The van der Waals surface area contributed by atoms with Gasteiger partial charge in [0.25, 0.3) is 0 Å². The Morgan fingerprint density at radius 1 is 1.36 bits per heavy atom. The van der Waals surface area contributed by atoms with Crippen molar-refractivity contribution < 1.29 is 19.0 Å². The molecule has 114 valence electrons. The number of rotatable bonds is 4. The Labute approximate surface area is 140 Å². The molecule has 0 aliphatic heterocycles. The fourth-order valence-corrected chi connectivity index (χ4v) is 2.40. The van der Waals surface area contributed by atoms with Gasteiger partial charge in [0, 0.05) is 10.0 Å². The van der Waals surface area contributed by atoms with Gasteiger partial charge in [-0.25, -0.2) is 4.39 Å². The standard InChI is InChI=1S/C16H11BrClFO3/c1-22-16-7-9(11(17)8-15(16)21)3-5-14(20)10-2-4-13(19)12(18)6-10/h2-8,21H,1H3. The lowest BCUT2D eigenvalue weighted by Gasteiger charge is -2.06. The molecule has 0 bridgehead atoms. The third-order valence-corrected chi connectivity index (χ3v) is 3.89. The van der Waals surface area contributed by atoms with Crippen LogP contribution >= 0.6 is 27.5 Å². The quantitative estimate of drug-likeness (QED) is 0.604. The number of carbonyl (C=O) groups excluding carboxylic acids is 1. The minimum Gasteiger partial charge on any atom is -0.504 e. The minimum absolute atomic E-state index is 0.0110. The molecule has 3 nitrogen and oxygen atoms in total. The molecule has 0 saturated carbocycles. The molecule has 0 heterocycles. The summed E-state index contributed by atoms with van der Waals surface area (Å²) in [5, 5.41) is 9.53. The van der Waals surface area contributed by atoms with Crippen molar-refractivity contribution in [3.63, 3.8) is 0 Å². The van der Waals surface area contributed by atoms with Crippen LogP contribution < -0.4 is 4.74 Å². The van der Waals surface area contributed by atoms with Crippen molar-refractivity contribution in [1.29, 1.82) is 0 Å². The third-order valence-electron chi connectivity index (χ3n) is 2.92. The van der Waals surface area contributed by atoms with Crippen LogP contribution in [0.25, 0.3) is 6.08 Å². The molecule has 0 aliphatic rings. The highest BCUT2D eigenvalue weighted by molar-refractivity contribution is 9.10. The summed E-state index contributed by atoms with van der Waals surface area (Å²) < 4.78 is 18.7. The van der Waals surface area contributed by atoms with Crippen molar-refractivity contribution in [3.05, 3.63) is 62.8 Å². The maximum Gasteiger partial charge on any atom is 0.185 e. The molecule has 2 aromatic rings. The summed E-state index contributed by atoms with van der Waals surface area (Å²) in [7, 11) is 1.43. The number of aromatic hydroxyl groups is 1. The number of allylic oxidation sites excluding steroid dienone is 1. The second kappa shape index (κ2) is 6.94. The van der Waals surface area contributed by atoms with Crippen molar-refractivity contribution in [2.24, 2.45) is 0 Å². The van der Waals surface area contributed by atoms with Crippen LogP contribution in [0.5, 0.6) is 11.5 Å². The number of ketones is 1. The molecule has 0 radical (unpaired) electrons. The van der Waals surface area contributed by atoms with Gasteiger partial charge in [0.15, 0.2) is 17.3 Å². The second-order valence-corrected chi connectivity index (χ2v) is 5.63. The Kier molecular flexibility index (Phi) is 5.21. The predicted molar refractivity (Wildman–Crippen MR) is 87.1 cm³/mol. The lowest BCUT2D eigenvalue weighted by Crippen LogP contribution is -1.95. The van der Waals surface area contributed by atoms with E-state index < -0.39 is 5.82 Å². The average Bonchev–Trinajstić information content (AvgIpc) is 2.49. The summed E-state index contributed by atoms with van der Waals surface area (Å²) in [4.78, 5) is 12.1. The molecule has 1 N–H and O–H groups in total. The minimum atomic E-state index is -0.576. The van der Waals surface area contributed by atoms with E-state index in [1.54, 1.807) is 12.1 Å². The van der Waals surface area contributed by atoms with E-state index in [0.717, 1.165) is 6.07 Å². The molecule has 0 atom stereocenters. The molecule has 0 saturated heterocycles. The molecule has 2 aromatic carbocycles. The zero-order chi connectivity index (χ0) is 16.3. The number of phenolic OH excluding ortho intramolecular Hbond substituents is 1. The van der Waals surface area contributed by atoms with E-state index in [0.29, 0.717) is 15.8 Å². The molecule has 22 heavy (non-hydrogen) atoms. The summed E-state index contributed by atoms with van der Waals surface area (Å²) in [6.07, 6.45) is 2.89. The summed E-state index contributed by atoms with van der Waals surface area (Å²) in [6, 6.07) is 6.83. The molecular weight excluding hydrogens is 375 g/mol. The number of halogens is 3. The molecular formula is C16H11BrClFO3. The van der Waals surface area contributed by atoms with Gasteiger partial charge in [0.2, 0.25) is 0 Å². The van der Waals surface area contributed by atoms with Crippen LogP contribution in [0.3, 0.4) is 0 Å². The third kappa shape index (κ3) is 3.67. The average molecular weight is 386 g/mol. The van der Waals surface area contributed by atoms with E-state index in [1.165, 1.54) is 31.4 Å². The first-order chi connectivity index (χ1) is 10.4. The molecule has 0 aromatic heterocycles. The van der Waals surface area contributed by atoms with Crippen molar-refractivity contribution in [3.8, 4) is 11.5 Å². The van der Waals surface area contributed by atoms with Gasteiger partial charge in [0.05, 0.1) is 12.1 Å². The van der Waals surface area contributed by atoms with Gasteiger partial charge >= 0.3 is 0 Å². The first-order valence-corrected chi connectivity index (χ1v) is 7.33. The van der Waals surface area contributed by atoms with Crippen molar-refractivity contribution in [2.45, 2.75) is 0 Å². The molecule has 0 amide bonds. The Hall–Kier alpha value is -1.85. The molecule has 0 spiro atoms. The summed E-state index contributed by atoms with van der Waals surface area (Å²) >= 11 is 8.94. The van der Waals surface area contributed by atoms with Gasteiger partial charge in [-0.2, -0.15) is 0 Å². The van der Waals surface area contributed by atoms with E-state index >= 15 is 0 Å². The van der Waals surface area contributed by atoms with Gasteiger partial charge in [-0.3, -0.25) is 4.79 Å². The van der Waals surface area contributed by atoms with Crippen LogP contribution in [0, 0.1) is 5.82 Å². The van der Waals surface area contributed by atoms with Gasteiger partial charge in [0.1, 0.15) is 5.82 Å². The SMILES string of the molecule is COc1cc(C=CC(=O)c2ccc(F)c(Cl)c2)c(Br)cc1O. The molecule has 0 unspecified atom stereocenters. The Morgan fingerprint density at radius 2 is 2.09 bits per heavy atom. The number of benzene rings is 2. The van der Waals surface area contributed by atoms with Crippen LogP contribution in [-0.4, -0.2) is 18.0 Å². The van der Waals surface area contributed by atoms with Gasteiger partial charge in [-0.15, -0.1) is 0 Å². The maximum absolute atomic E-state index is 13.1. The van der Waals surface area contributed by atoms with Crippen LogP contribution in [0.4, 0.5) is 4.39 Å². The Morgan fingerprint density at radius 3 is 2.73 bits per heavy atom. The second-order valence-electron chi connectivity index (χ2n) is 4.37. The van der Waals surface area contributed by atoms with Crippen molar-refractivity contribution in [1.82, 2.24) is 0 Å². The number of phenols is 1. The number of ether oxygens (including phenoxy) is 1. The summed E-state index contributed by atoms with van der Waals surface area (Å²) in [6.45, 7) is 0. The highest BCUT2D eigenvalue weighted by Gasteiger charge is 2.08. The zero-order valence-electron chi connectivity index (χ0n) is 11.4. The lowest BCUT2D eigenvalue weighted by molar-refractivity contribution is 0.104. The first kappa shape index (κ1) is 16.5. The number of hydrogen-bond donors (Lipinski definition) is 1. The van der Waals surface area contributed by atoms with Crippen LogP contribution in [0.2, 0.25) is 5.02 Å². The largest absolute Gasteiger partial charge is 0.504 e. The maximum atomic E-state index is 13.1. The molecule has 0 aliphatic carbocycles. The Bertz CT molecular complexity index is 759. The zero-order valence-corrected chi connectivity index (χ0v) is 13.8. The topological polar surface area (TPSA) is 46.5 Å². The number of carbonyl (C=O) groups is 1. The van der Waals surface area contributed by atoms with Gasteiger partial charge in [-0.05, 0) is 48.0 Å². The monoisotopic (exact) mass is 384 g/mol. The smallest absolute Gasteiger partial charge is 0.185 e. The van der Waals surface area contributed by atoms with Crippen molar-refractivity contribution in [2.75, 3.05) is 7.11 Å². The fraction of sp³-hybridized carbons (Fsp3) is 0.0625. The molecule has 0 fully saturated rings. The number of methoxy groups -OCH3 is 1.